The fourth-order valence-corrected chi connectivity index (χ4v) is 2.02. The first-order valence-corrected chi connectivity index (χ1v) is 5.55. The molecule has 4 nitrogen and oxygen atoms in total. The second-order valence-corrected chi connectivity index (χ2v) is 4.22. The molecule has 3 atom stereocenters. The number of carboxylic acid groups (broad SMARTS) is 1. The number of nitrogens with one attached hydrogen (secondary N) is 1. The van der Waals surface area contributed by atoms with Crippen LogP contribution < -0.4 is 5.32 Å². The fourth-order valence-electron chi connectivity index (χ4n) is 2.02. The normalized spacial score (nSPS) is 28.1. The van der Waals surface area contributed by atoms with Gasteiger partial charge in [-0.3, -0.25) is 10.1 Å². The topological polar surface area (TPSA) is 58.6 Å². The number of hydrogen-bond donors (Lipinski definition) is 2. The number of morpholine rings is 1. The molecule has 1 saturated heterocycles. The Bertz CT molecular complexity index is 467. The van der Waals surface area contributed by atoms with Crippen molar-refractivity contribution in [3.8, 4) is 0 Å². The maximum atomic E-state index is 13.5. The zero-order valence-corrected chi connectivity index (χ0v) is 9.69. The number of benzene rings is 1. The van der Waals surface area contributed by atoms with Gasteiger partial charge in [0.2, 0.25) is 0 Å². The molecule has 0 saturated carbocycles. The second kappa shape index (κ2) is 4.99. The largest absolute Gasteiger partial charge is 0.480 e. The smallest absolute Gasteiger partial charge is 0.323 e. The van der Waals surface area contributed by atoms with Crippen LogP contribution in [0.3, 0.4) is 0 Å². The Morgan fingerprint density at radius 3 is 2.83 bits per heavy atom. The molecule has 2 rings (SSSR count). The number of halogens is 2. The summed E-state index contributed by atoms with van der Waals surface area (Å²) in [6.07, 6.45) is -1.31. The minimum Gasteiger partial charge on any atom is -0.480 e. The van der Waals surface area contributed by atoms with Crippen LogP contribution in [-0.2, 0) is 9.53 Å². The lowest BCUT2D eigenvalue weighted by atomic mass is 10.0. The molecule has 1 aliphatic rings. The maximum Gasteiger partial charge on any atom is 0.323 e. The molecular formula is C12H13F2NO3. The lowest BCUT2D eigenvalue weighted by Crippen LogP contribution is -2.52. The molecule has 6 heteroatoms. The van der Waals surface area contributed by atoms with Gasteiger partial charge in [-0.05, 0) is 25.1 Å². The number of rotatable bonds is 2. The zero-order valence-electron chi connectivity index (χ0n) is 9.69. The molecule has 1 aliphatic heterocycles. The van der Waals surface area contributed by atoms with Crippen LogP contribution in [0.5, 0.6) is 0 Å². The van der Waals surface area contributed by atoms with Crippen LogP contribution in [0.25, 0.3) is 0 Å². The van der Waals surface area contributed by atoms with Gasteiger partial charge < -0.3 is 9.84 Å². The van der Waals surface area contributed by atoms with Gasteiger partial charge in [0.05, 0.1) is 12.2 Å². The summed E-state index contributed by atoms with van der Waals surface area (Å²) >= 11 is 0. The van der Waals surface area contributed by atoms with Gasteiger partial charge in [-0.1, -0.05) is 0 Å². The Morgan fingerprint density at radius 2 is 2.22 bits per heavy atom. The van der Waals surface area contributed by atoms with E-state index in [-0.39, 0.29) is 12.1 Å². The summed E-state index contributed by atoms with van der Waals surface area (Å²) < 4.78 is 32.0. The van der Waals surface area contributed by atoms with Gasteiger partial charge in [0, 0.05) is 12.1 Å². The van der Waals surface area contributed by atoms with E-state index in [2.05, 4.69) is 5.32 Å². The third kappa shape index (κ3) is 2.49. The van der Waals surface area contributed by atoms with E-state index in [0.29, 0.717) is 0 Å². The van der Waals surface area contributed by atoms with Crippen LogP contribution in [0.1, 0.15) is 18.6 Å². The molecule has 1 heterocycles. The van der Waals surface area contributed by atoms with Gasteiger partial charge in [0.15, 0.2) is 0 Å². The third-order valence-corrected chi connectivity index (χ3v) is 2.94. The minimum atomic E-state index is -1.03. The van der Waals surface area contributed by atoms with Crippen molar-refractivity contribution < 1.29 is 23.4 Å². The molecule has 1 fully saturated rings. The summed E-state index contributed by atoms with van der Waals surface area (Å²) in [7, 11) is 0. The van der Waals surface area contributed by atoms with Crippen molar-refractivity contribution in [1.82, 2.24) is 5.32 Å². The van der Waals surface area contributed by atoms with Crippen molar-refractivity contribution in [1.29, 1.82) is 0 Å². The van der Waals surface area contributed by atoms with Crippen molar-refractivity contribution >= 4 is 5.97 Å². The van der Waals surface area contributed by atoms with E-state index in [9.17, 15) is 13.6 Å². The highest BCUT2D eigenvalue weighted by molar-refractivity contribution is 5.74. The summed E-state index contributed by atoms with van der Waals surface area (Å²) in [4.78, 5) is 10.9. The predicted molar refractivity (Wildman–Crippen MR) is 59.1 cm³/mol. The molecule has 3 unspecified atom stereocenters. The van der Waals surface area contributed by atoms with E-state index >= 15 is 0 Å². The van der Waals surface area contributed by atoms with Crippen LogP contribution in [-0.4, -0.2) is 29.8 Å². The maximum absolute atomic E-state index is 13.5. The molecule has 0 aromatic heterocycles. The standard InChI is InChI=1S/C12H13F2NO3/c1-6-11(12(16)17)15-5-10(18-6)8-4-7(13)2-3-9(8)14/h2-4,6,10-11,15H,5H2,1H3,(H,16,17). The number of carboxylic acids is 1. The van der Waals surface area contributed by atoms with Gasteiger partial charge >= 0.3 is 5.97 Å². The van der Waals surface area contributed by atoms with E-state index < -0.39 is 35.9 Å². The monoisotopic (exact) mass is 257 g/mol. The number of aliphatic carboxylic acids is 1. The zero-order chi connectivity index (χ0) is 13.3. The molecule has 0 amide bonds. The molecule has 0 aliphatic carbocycles. The highest BCUT2D eigenvalue weighted by Crippen LogP contribution is 2.26. The van der Waals surface area contributed by atoms with Crippen molar-refractivity contribution in [2.75, 3.05) is 6.54 Å². The van der Waals surface area contributed by atoms with Gasteiger partial charge in [-0.15, -0.1) is 0 Å². The molecule has 1 aromatic rings. The van der Waals surface area contributed by atoms with E-state index in [4.69, 9.17) is 9.84 Å². The second-order valence-electron chi connectivity index (χ2n) is 4.22. The molecule has 98 valence electrons. The van der Waals surface area contributed by atoms with Crippen LogP contribution in [0.2, 0.25) is 0 Å². The van der Waals surface area contributed by atoms with E-state index in [0.717, 1.165) is 18.2 Å². The quantitative estimate of drug-likeness (QED) is 0.842. The highest BCUT2D eigenvalue weighted by Gasteiger charge is 2.34. The van der Waals surface area contributed by atoms with Crippen molar-refractivity contribution in [2.45, 2.75) is 25.2 Å². The third-order valence-electron chi connectivity index (χ3n) is 2.94. The van der Waals surface area contributed by atoms with Crippen molar-refractivity contribution in [3.63, 3.8) is 0 Å². The Morgan fingerprint density at radius 1 is 1.50 bits per heavy atom. The molecule has 0 spiro atoms. The highest BCUT2D eigenvalue weighted by atomic mass is 19.1. The van der Waals surface area contributed by atoms with Crippen LogP contribution in [0.4, 0.5) is 8.78 Å². The van der Waals surface area contributed by atoms with Crippen molar-refractivity contribution in [3.05, 3.63) is 35.4 Å². The fraction of sp³-hybridized carbons (Fsp3) is 0.417. The molecule has 2 N–H and O–H groups in total. The number of ether oxygens (including phenoxy) is 1. The van der Waals surface area contributed by atoms with Gasteiger partial charge in [-0.2, -0.15) is 0 Å². The molecule has 1 aromatic carbocycles. The van der Waals surface area contributed by atoms with E-state index in [1.165, 1.54) is 0 Å². The summed E-state index contributed by atoms with van der Waals surface area (Å²) in [5.74, 6) is -2.15. The summed E-state index contributed by atoms with van der Waals surface area (Å²) in [6, 6.07) is 2.29. The first-order valence-electron chi connectivity index (χ1n) is 5.55. The summed E-state index contributed by atoms with van der Waals surface area (Å²) in [5.41, 5.74) is 0.0955. The molecule has 0 radical (unpaired) electrons. The van der Waals surface area contributed by atoms with Gasteiger partial charge in [0.25, 0.3) is 0 Å². The average molecular weight is 257 g/mol. The Balaban J connectivity index is 2.17. The number of hydrogen-bond acceptors (Lipinski definition) is 3. The molecule has 0 bridgehead atoms. The van der Waals surface area contributed by atoms with Crippen molar-refractivity contribution in [2.24, 2.45) is 0 Å². The van der Waals surface area contributed by atoms with E-state index in [1.807, 2.05) is 0 Å². The lowest BCUT2D eigenvalue weighted by molar-refractivity contribution is -0.149. The van der Waals surface area contributed by atoms with Gasteiger partial charge in [-0.25, -0.2) is 8.78 Å². The van der Waals surface area contributed by atoms with Crippen LogP contribution >= 0.6 is 0 Å². The summed E-state index contributed by atoms with van der Waals surface area (Å²) in [6.45, 7) is 1.71. The first kappa shape index (κ1) is 12.9. The molecule has 18 heavy (non-hydrogen) atoms. The molecular weight excluding hydrogens is 244 g/mol. The lowest BCUT2D eigenvalue weighted by Gasteiger charge is -2.33. The van der Waals surface area contributed by atoms with Crippen LogP contribution in [0.15, 0.2) is 18.2 Å². The summed E-state index contributed by atoms with van der Waals surface area (Å²) in [5, 5.41) is 11.6. The Hall–Kier alpha value is -1.53. The minimum absolute atomic E-state index is 0.0955. The number of carbonyl (C=O) groups is 1. The predicted octanol–water partition coefficient (Wildman–Crippen LogP) is 1.47. The Labute approximate surface area is 103 Å². The van der Waals surface area contributed by atoms with E-state index in [1.54, 1.807) is 6.92 Å². The SMILES string of the molecule is CC1OC(c2cc(F)ccc2F)CNC1C(=O)O. The Kier molecular flexibility index (Phi) is 3.58. The van der Waals surface area contributed by atoms with Gasteiger partial charge in [0.1, 0.15) is 17.7 Å². The average Bonchev–Trinajstić information content (AvgIpc) is 2.31. The first-order chi connectivity index (χ1) is 8.49. The van der Waals surface area contributed by atoms with Crippen LogP contribution in [0, 0.1) is 11.6 Å².